The van der Waals surface area contributed by atoms with Crippen molar-refractivity contribution in [2.75, 3.05) is 13.2 Å². The molecule has 2 aromatic heterocycles. The number of ether oxygens (including phenoxy) is 1. The average molecular weight is 432 g/mol. The number of phenolic OH excluding ortho intramolecular Hbond substituents is 1. The molecular weight excluding hydrogens is 411 g/mol. The van der Waals surface area contributed by atoms with E-state index in [1.807, 2.05) is 30.6 Å². The summed E-state index contributed by atoms with van der Waals surface area (Å²) in [5, 5.41) is 14.2. The van der Waals surface area contributed by atoms with Crippen LogP contribution in [0.4, 0.5) is 4.39 Å². The molecule has 1 amide bonds. The third-order valence-corrected chi connectivity index (χ3v) is 5.52. The number of aromatic amines is 1. The van der Waals surface area contributed by atoms with E-state index < -0.39 is 6.23 Å². The number of hydrogen-bond donors (Lipinski definition) is 2. The van der Waals surface area contributed by atoms with Gasteiger partial charge in [-0.25, -0.2) is 9.07 Å². The van der Waals surface area contributed by atoms with Gasteiger partial charge >= 0.3 is 0 Å². The Morgan fingerprint density at radius 2 is 1.91 bits per heavy atom. The highest BCUT2D eigenvalue weighted by molar-refractivity contribution is 5.80. The van der Waals surface area contributed by atoms with Crippen molar-refractivity contribution in [3.8, 4) is 22.7 Å². The molecule has 0 spiro atoms. The second-order valence-corrected chi connectivity index (χ2v) is 7.62. The number of aromatic nitrogens is 3. The Kier molecular flexibility index (Phi) is 5.20. The lowest BCUT2D eigenvalue weighted by Gasteiger charge is -2.23. The molecule has 0 saturated carbocycles. The highest BCUT2D eigenvalue weighted by Gasteiger charge is 2.36. The zero-order valence-corrected chi connectivity index (χ0v) is 17.1. The third-order valence-electron chi connectivity index (χ3n) is 5.52. The number of nitrogens with one attached hydrogen (secondary N) is 1. The van der Waals surface area contributed by atoms with Crippen molar-refractivity contribution in [1.82, 2.24) is 19.7 Å². The van der Waals surface area contributed by atoms with Gasteiger partial charge in [0.25, 0.3) is 5.91 Å². The largest absolute Gasteiger partial charge is 0.508 e. The summed E-state index contributed by atoms with van der Waals surface area (Å²) in [6.45, 7) is 0.455. The summed E-state index contributed by atoms with van der Waals surface area (Å²) >= 11 is 0. The van der Waals surface area contributed by atoms with Gasteiger partial charge in [0.2, 0.25) is 0 Å². The molecule has 3 heterocycles. The van der Waals surface area contributed by atoms with E-state index in [-0.39, 0.29) is 24.1 Å². The van der Waals surface area contributed by atoms with Gasteiger partial charge in [-0.3, -0.25) is 4.79 Å². The summed E-state index contributed by atoms with van der Waals surface area (Å²) < 4.78 is 20.9. The van der Waals surface area contributed by atoms with E-state index in [4.69, 9.17) is 9.84 Å². The van der Waals surface area contributed by atoms with Crippen LogP contribution >= 0.6 is 0 Å². The van der Waals surface area contributed by atoms with Crippen LogP contribution in [0.5, 0.6) is 5.75 Å². The average Bonchev–Trinajstić information content (AvgIpc) is 3.53. The zero-order chi connectivity index (χ0) is 22.1. The first-order valence-corrected chi connectivity index (χ1v) is 10.3. The Hall–Kier alpha value is -3.91. The predicted molar refractivity (Wildman–Crippen MR) is 116 cm³/mol. The molecule has 8 heteroatoms. The Labute approximate surface area is 183 Å². The molecule has 0 bridgehead atoms. The molecule has 1 fully saturated rings. The lowest BCUT2D eigenvalue weighted by molar-refractivity contribution is -0.128. The number of carbonyl (C=O) groups excluding carboxylic acids is 1. The molecule has 4 aromatic rings. The quantitative estimate of drug-likeness (QED) is 0.485. The van der Waals surface area contributed by atoms with E-state index in [1.165, 1.54) is 12.1 Å². The summed E-state index contributed by atoms with van der Waals surface area (Å²) in [5.74, 6) is -0.211. The third kappa shape index (κ3) is 3.88. The van der Waals surface area contributed by atoms with E-state index in [9.17, 15) is 14.3 Å². The monoisotopic (exact) mass is 432 g/mol. The minimum Gasteiger partial charge on any atom is -0.508 e. The van der Waals surface area contributed by atoms with Crippen LogP contribution in [0.3, 0.4) is 0 Å². The molecule has 1 aliphatic rings. The summed E-state index contributed by atoms with van der Waals surface area (Å²) in [6, 6.07) is 14.9. The number of H-pyrrole nitrogens is 1. The number of amides is 1. The van der Waals surface area contributed by atoms with Crippen LogP contribution in [-0.2, 0) is 16.0 Å². The maximum Gasteiger partial charge on any atom is 0.250 e. The predicted octanol–water partition coefficient (Wildman–Crippen LogP) is 3.81. The van der Waals surface area contributed by atoms with Gasteiger partial charge in [-0.05, 0) is 54.4 Å². The molecular formula is C24H21FN4O3. The molecule has 5 rings (SSSR count). The minimum atomic E-state index is -0.585. The molecule has 1 aliphatic heterocycles. The van der Waals surface area contributed by atoms with Crippen molar-refractivity contribution in [1.29, 1.82) is 0 Å². The number of rotatable bonds is 6. The first-order valence-electron chi connectivity index (χ1n) is 10.3. The van der Waals surface area contributed by atoms with Gasteiger partial charge < -0.3 is 19.7 Å². The SMILES string of the molecule is O=C1CO[C@H](c2cn(-c3ccc(F)cc3)nc2-c2cc[nH]c2)N1CCc1ccc(O)cc1. The number of nitrogens with zero attached hydrogens (tertiary/aromatic N) is 3. The second-order valence-electron chi connectivity index (χ2n) is 7.62. The van der Waals surface area contributed by atoms with Gasteiger partial charge in [0, 0.05) is 36.3 Å². The molecule has 32 heavy (non-hydrogen) atoms. The first-order chi connectivity index (χ1) is 15.6. The maximum absolute atomic E-state index is 13.4. The van der Waals surface area contributed by atoms with Crippen molar-refractivity contribution < 1.29 is 19.0 Å². The Bertz CT molecular complexity index is 1220. The van der Waals surface area contributed by atoms with Crippen molar-refractivity contribution in [3.05, 3.63) is 90.1 Å². The van der Waals surface area contributed by atoms with Gasteiger partial charge in [-0.15, -0.1) is 0 Å². The number of phenols is 1. The fourth-order valence-corrected chi connectivity index (χ4v) is 3.86. The van der Waals surface area contributed by atoms with Crippen molar-refractivity contribution in [2.45, 2.75) is 12.6 Å². The van der Waals surface area contributed by atoms with Crippen LogP contribution in [0, 0.1) is 5.82 Å². The Morgan fingerprint density at radius 3 is 2.62 bits per heavy atom. The van der Waals surface area contributed by atoms with Crippen molar-refractivity contribution >= 4 is 5.91 Å². The van der Waals surface area contributed by atoms with Crippen molar-refractivity contribution in [2.24, 2.45) is 0 Å². The van der Waals surface area contributed by atoms with Gasteiger partial charge in [-0.2, -0.15) is 5.10 Å². The van der Waals surface area contributed by atoms with Gasteiger partial charge in [-0.1, -0.05) is 12.1 Å². The van der Waals surface area contributed by atoms with Crippen LogP contribution in [0.25, 0.3) is 16.9 Å². The fourth-order valence-electron chi connectivity index (χ4n) is 3.86. The lowest BCUT2D eigenvalue weighted by Crippen LogP contribution is -2.30. The van der Waals surface area contributed by atoms with Gasteiger partial charge in [0.05, 0.1) is 5.69 Å². The van der Waals surface area contributed by atoms with Crippen LogP contribution in [0.15, 0.2) is 73.2 Å². The Morgan fingerprint density at radius 1 is 1.12 bits per heavy atom. The van der Waals surface area contributed by atoms with E-state index in [1.54, 1.807) is 40.0 Å². The van der Waals surface area contributed by atoms with E-state index in [0.717, 1.165) is 16.7 Å². The molecule has 7 nitrogen and oxygen atoms in total. The summed E-state index contributed by atoms with van der Waals surface area (Å²) in [5.41, 5.74) is 4.02. The number of carbonyl (C=O) groups is 1. The van der Waals surface area contributed by atoms with Crippen LogP contribution in [0.2, 0.25) is 0 Å². The highest BCUT2D eigenvalue weighted by atomic mass is 19.1. The molecule has 2 aromatic carbocycles. The Balaban J connectivity index is 1.48. The zero-order valence-electron chi connectivity index (χ0n) is 17.1. The minimum absolute atomic E-state index is 0.00541. The van der Waals surface area contributed by atoms with E-state index in [0.29, 0.717) is 24.3 Å². The molecule has 0 aliphatic carbocycles. The van der Waals surface area contributed by atoms with Crippen molar-refractivity contribution in [3.63, 3.8) is 0 Å². The highest BCUT2D eigenvalue weighted by Crippen LogP contribution is 2.35. The summed E-state index contributed by atoms with van der Waals surface area (Å²) in [6.07, 6.45) is 5.50. The maximum atomic E-state index is 13.4. The molecule has 0 unspecified atom stereocenters. The number of aromatic hydroxyl groups is 1. The topological polar surface area (TPSA) is 83.4 Å². The number of benzene rings is 2. The number of halogens is 1. The van der Waals surface area contributed by atoms with E-state index >= 15 is 0 Å². The fraction of sp³-hybridized carbons (Fsp3) is 0.167. The second kappa shape index (κ2) is 8.32. The molecule has 1 saturated heterocycles. The van der Waals surface area contributed by atoms with Crippen LogP contribution < -0.4 is 0 Å². The van der Waals surface area contributed by atoms with Crippen LogP contribution in [-0.4, -0.2) is 43.8 Å². The summed E-state index contributed by atoms with van der Waals surface area (Å²) in [7, 11) is 0. The standard InChI is InChI=1S/C24H21FN4O3/c25-18-3-5-19(6-4-18)29-14-21(23(27-29)17-9-11-26-13-17)24-28(22(31)15-32-24)12-10-16-1-7-20(30)8-2-16/h1-9,11,13-14,24,26,30H,10,12,15H2/t24-/m1/s1. The number of hydrogen-bond acceptors (Lipinski definition) is 4. The molecule has 1 atom stereocenters. The van der Waals surface area contributed by atoms with Crippen LogP contribution in [0.1, 0.15) is 17.4 Å². The van der Waals surface area contributed by atoms with E-state index in [2.05, 4.69) is 4.98 Å². The first kappa shape index (κ1) is 20.0. The summed E-state index contributed by atoms with van der Waals surface area (Å²) in [4.78, 5) is 17.4. The van der Waals surface area contributed by atoms with Gasteiger partial charge in [0.15, 0.2) is 6.23 Å². The molecule has 162 valence electrons. The molecule has 0 radical (unpaired) electrons. The smallest absolute Gasteiger partial charge is 0.250 e. The lowest BCUT2D eigenvalue weighted by atomic mass is 10.1. The van der Waals surface area contributed by atoms with Gasteiger partial charge in [0.1, 0.15) is 23.9 Å². The molecule has 2 N–H and O–H groups in total. The normalized spacial score (nSPS) is 16.1.